The summed E-state index contributed by atoms with van der Waals surface area (Å²) in [6.45, 7) is 2.71. The highest BCUT2D eigenvalue weighted by atomic mass is 19.4. The fourth-order valence-corrected chi connectivity index (χ4v) is 2.24. The van der Waals surface area contributed by atoms with E-state index in [1.165, 1.54) is 0 Å². The number of piperidine rings is 1. The highest BCUT2D eigenvalue weighted by molar-refractivity contribution is 4.87. The van der Waals surface area contributed by atoms with E-state index in [1.54, 1.807) is 0 Å². The van der Waals surface area contributed by atoms with Crippen LogP contribution >= 0.6 is 0 Å². The van der Waals surface area contributed by atoms with Crippen LogP contribution in [0, 0.1) is 17.2 Å². The summed E-state index contributed by atoms with van der Waals surface area (Å²) in [5.41, 5.74) is 0. The van der Waals surface area contributed by atoms with Gasteiger partial charge in [0.2, 0.25) is 0 Å². The second-order valence-electron chi connectivity index (χ2n) is 4.56. The fourth-order valence-electron chi connectivity index (χ4n) is 2.24. The molecule has 0 aromatic carbocycles. The van der Waals surface area contributed by atoms with Gasteiger partial charge in [0.25, 0.3) is 0 Å². The van der Waals surface area contributed by atoms with Crippen molar-refractivity contribution in [2.24, 2.45) is 5.92 Å². The normalized spacial score (nSPS) is 26.8. The Hall–Kier alpha value is -0.800. The van der Waals surface area contributed by atoms with Crippen molar-refractivity contribution in [1.29, 1.82) is 5.26 Å². The third-order valence-electron chi connectivity index (χ3n) is 3.08. The standard InChI is InChI=1S/C11H18F3N3/c1-2-9-5-10(16-8-11(12,13)14)7-17(6-9)4-3-15/h9-10,16H,2,4-8H2,1H3. The molecule has 0 radical (unpaired) electrons. The maximum atomic E-state index is 12.1. The molecule has 0 saturated carbocycles. The topological polar surface area (TPSA) is 39.1 Å². The largest absolute Gasteiger partial charge is 0.401 e. The molecule has 1 fully saturated rings. The van der Waals surface area contributed by atoms with E-state index in [0.29, 0.717) is 19.0 Å². The van der Waals surface area contributed by atoms with Crippen LogP contribution in [0.4, 0.5) is 13.2 Å². The lowest BCUT2D eigenvalue weighted by Crippen LogP contribution is -2.51. The monoisotopic (exact) mass is 249 g/mol. The molecule has 2 unspecified atom stereocenters. The number of nitrogens with zero attached hydrogens (tertiary/aromatic N) is 2. The van der Waals surface area contributed by atoms with Crippen LogP contribution in [0.15, 0.2) is 0 Å². The summed E-state index contributed by atoms with van der Waals surface area (Å²) >= 11 is 0. The number of nitrogens with one attached hydrogen (secondary N) is 1. The van der Waals surface area contributed by atoms with Crippen molar-refractivity contribution in [3.63, 3.8) is 0 Å². The highest BCUT2D eigenvalue weighted by Gasteiger charge is 2.31. The number of halogens is 3. The maximum Gasteiger partial charge on any atom is 0.401 e. The van der Waals surface area contributed by atoms with E-state index in [0.717, 1.165) is 19.4 Å². The van der Waals surface area contributed by atoms with Gasteiger partial charge in [-0.2, -0.15) is 18.4 Å². The van der Waals surface area contributed by atoms with Crippen molar-refractivity contribution >= 4 is 0 Å². The minimum Gasteiger partial charge on any atom is -0.305 e. The van der Waals surface area contributed by atoms with E-state index >= 15 is 0 Å². The molecule has 6 heteroatoms. The molecule has 1 saturated heterocycles. The van der Waals surface area contributed by atoms with Crippen molar-refractivity contribution in [3.05, 3.63) is 0 Å². The van der Waals surface area contributed by atoms with Gasteiger partial charge in [0.15, 0.2) is 0 Å². The van der Waals surface area contributed by atoms with Gasteiger partial charge in [0, 0.05) is 19.1 Å². The van der Waals surface area contributed by atoms with E-state index in [2.05, 4.69) is 11.4 Å². The van der Waals surface area contributed by atoms with Gasteiger partial charge in [0.1, 0.15) is 0 Å². The Morgan fingerprint density at radius 1 is 1.41 bits per heavy atom. The average molecular weight is 249 g/mol. The highest BCUT2D eigenvalue weighted by Crippen LogP contribution is 2.21. The summed E-state index contributed by atoms with van der Waals surface area (Å²) < 4.78 is 36.3. The number of alkyl halides is 3. The number of likely N-dealkylation sites (tertiary alicyclic amines) is 1. The molecule has 98 valence electrons. The smallest absolute Gasteiger partial charge is 0.305 e. The predicted octanol–water partition coefficient (Wildman–Crippen LogP) is 1.76. The Labute approximate surface area is 99.6 Å². The zero-order valence-electron chi connectivity index (χ0n) is 9.93. The second kappa shape index (κ2) is 6.22. The first-order valence-electron chi connectivity index (χ1n) is 5.84. The van der Waals surface area contributed by atoms with Gasteiger partial charge in [-0.1, -0.05) is 13.3 Å². The molecule has 0 aliphatic carbocycles. The summed E-state index contributed by atoms with van der Waals surface area (Å²) in [6.07, 6.45) is -2.47. The Bertz CT molecular complexity index is 272. The summed E-state index contributed by atoms with van der Waals surface area (Å²) in [6, 6.07) is 1.89. The zero-order chi connectivity index (χ0) is 12.9. The molecule has 1 heterocycles. The van der Waals surface area contributed by atoms with Crippen molar-refractivity contribution < 1.29 is 13.2 Å². The van der Waals surface area contributed by atoms with Crippen LogP contribution in [0.1, 0.15) is 19.8 Å². The average Bonchev–Trinajstić information content (AvgIpc) is 2.25. The van der Waals surface area contributed by atoms with Gasteiger partial charge in [-0.15, -0.1) is 0 Å². The molecule has 1 aliphatic rings. The quantitative estimate of drug-likeness (QED) is 0.772. The van der Waals surface area contributed by atoms with Gasteiger partial charge in [0.05, 0.1) is 19.2 Å². The summed E-state index contributed by atoms with van der Waals surface area (Å²) in [5.74, 6) is 0.378. The third-order valence-corrected chi connectivity index (χ3v) is 3.08. The van der Waals surface area contributed by atoms with E-state index in [4.69, 9.17) is 5.26 Å². The molecule has 0 aromatic heterocycles. The minimum absolute atomic E-state index is 0.163. The van der Waals surface area contributed by atoms with Gasteiger partial charge >= 0.3 is 6.18 Å². The van der Waals surface area contributed by atoms with E-state index in [9.17, 15) is 13.2 Å². The third kappa shape index (κ3) is 5.37. The van der Waals surface area contributed by atoms with Crippen LogP contribution < -0.4 is 5.32 Å². The van der Waals surface area contributed by atoms with Crippen LogP contribution in [0.3, 0.4) is 0 Å². The molecule has 1 aliphatic heterocycles. The second-order valence-corrected chi connectivity index (χ2v) is 4.56. The molecule has 3 nitrogen and oxygen atoms in total. The lowest BCUT2D eigenvalue weighted by Gasteiger charge is -2.36. The molecule has 17 heavy (non-hydrogen) atoms. The molecule has 2 atom stereocenters. The van der Waals surface area contributed by atoms with Crippen LogP contribution in [-0.4, -0.2) is 43.3 Å². The predicted molar refractivity (Wildman–Crippen MR) is 58.3 cm³/mol. The molecule has 0 amide bonds. The number of rotatable bonds is 4. The summed E-state index contributed by atoms with van der Waals surface area (Å²) in [7, 11) is 0. The van der Waals surface area contributed by atoms with Gasteiger partial charge < -0.3 is 5.32 Å². The number of hydrogen-bond acceptors (Lipinski definition) is 3. The molecule has 0 spiro atoms. The van der Waals surface area contributed by atoms with Crippen LogP contribution in [0.5, 0.6) is 0 Å². The molecular formula is C11H18F3N3. The first kappa shape index (κ1) is 14.3. The van der Waals surface area contributed by atoms with Crippen LogP contribution in [0.2, 0.25) is 0 Å². The van der Waals surface area contributed by atoms with Crippen LogP contribution in [0.25, 0.3) is 0 Å². The van der Waals surface area contributed by atoms with Crippen molar-refractivity contribution in [2.75, 3.05) is 26.2 Å². The molecule has 0 bridgehead atoms. The van der Waals surface area contributed by atoms with Crippen molar-refractivity contribution in [1.82, 2.24) is 10.2 Å². The fraction of sp³-hybridized carbons (Fsp3) is 0.909. The Morgan fingerprint density at radius 3 is 2.65 bits per heavy atom. The molecular weight excluding hydrogens is 231 g/mol. The Kier molecular flexibility index (Phi) is 5.22. The van der Waals surface area contributed by atoms with E-state index < -0.39 is 12.7 Å². The first-order valence-corrected chi connectivity index (χ1v) is 5.84. The van der Waals surface area contributed by atoms with Gasteiger partial charge in [-0.3, -0.25) is 4.90 Å². The van der Waals surface area contributed by atoms with E-state index in [1.807, 2.05) is 11.8 Å². The van der Waals surface area contributed by atoms with Crippen LogP contribution in [-0.2, 0) is 0 Å². The Balaban J connectivity index is 2.45. The van der Waals surface area contributed by atoms with Crippen molar-refractivity contribution in [2.45, 2.75) is 32.0 Å². The molecule has 1 rings (SSSR count). The Morgan fingerprint density at radius 2 is 2.12 bits per heavy atom. The lowest BCUT2D eigenvalue weighted by atomic mass is 9.92. The SMILES string of the molecule is CCC1CC(NCC(F)(F)F)CN(CC#N)C1. The number of nitriles is 1. The summed E-state index contributed by atoms with van der Waals surface area (Å²) in [4.78, 5) is 1.92. The lowest BCUT2D eigenvalue weighted by molar-refractivity contribution is -0.127. The molecule has 1 N–H and O–H groups in total. The van der Waals surface area contributed by atoms with E-state index in [-0.39, 0.29) is 6.04 Å². The van der Waals surface area contributed by atoms with Crippen molar-refractivity contribution in [3.8, 4) is 6.07 Å². The molecule has 0 aromatic rings. The first-order chi connectivity index (χ1) is 7.94. The zero-order valence-corrected chi connectivity index (χ0v) is 9.93. The van der Waals surface area contributed by atoms with Gasteiger partial charge in [-0.25, -0.2) is 0 Å². The number of hydrogen-bond donors (Lipinski definition) is 1. The summed E-state index contributed by atoms with van der Waals surface area (Å²) in [5, 5.41) is 11.2. The maximum absolute atomic E-state index is 12.1. The minimum atomic E-state index is -4.17. The van der Waals surface area contributed by atoms with Gasteiger partial charge in [-0.05, 0) is 12.3 Å².